The summed E-state index contributed by atoms with van der Waals surface area (Å²) in [6.45, 7) is -0.0293. The Morgan fingerprint density at radius 1 is 1.50 bits per heavy atom. The molecule has 9 heteroatoms. The zero-order chi connectivity index (χ0) is 13.8. The quantitative estimate of drug-likeness (QED) is 0.656. The van der Waals surface area contributed by atoms with Crippen LogP contribution in [-0.2, 0) is 10.9 Å². The van der Waals surface area contributed by atoms with Crippen molar-refractivity contribution in [2.75, 3.05) is 18.5 Å². The van der Waals surface area contributed by atoms with Gasteiger partial charge in [-0.05, 0) is 12.1 Å². The van der Waals surface area contributed by atoms with Crippen LogP contribution in [0.5, 0.6) is 0 Å². The lowest BCUT2D eigenvalue weighted by atomic mass is 10.2. The maximum absolute atomic E-state index is 12.4. The molecular formula is C9H9ClF3N3O2. The molecule has 1 rings (SSSR count). The third kappa shape index (κ3) is 4.66. The van der Waals surface area contributed by atoms with E-state index in [0.29, 0.717) is 6.07 Å². The van der Waals surface area contributed by atoms with Crippen molar-refractivity contribution in [3.8, 4) is 0 Å². The number of primary amides is 1. The second kappa shape index (κ2) is 5.76. The molecule has 1 amide bonds. The van der Waals surface area contributed by atoms with E-state index in [1.165, 1.54) is 0 Å². The second-order valence-electron chi connectivity index (χ2n) is 3.16. The molecule has 0 fully saturated rings. The van der Waals surface area contributed by atoms with Gasteiger partial charge in [0.1, 0.15) is 17.6 Å². The number of pyridine rings is 1. The molecule has 0 aliphatic heterocycles. The molecule has 1 aromatic heterocycles. The van der Waals surface area contributed by atoms with Gasteiger partial charge >= 0.3 is 12.3 Å². The Hall–Kier alpha value is -1.70. The summed E-state index contributed by atoms with van der Waals surface area (Å²) in [4.78, 5) is 13.9. The van der Waals surface area contributed by atoms with Gasteiger partial charge in [0.25, 0.3) is 0 Å². The summed E-state index contributed by atoms with van der Waals surface area (Å²) < 4.78 is 41.7. The zero-order valence-electron chi connectivity index (χ0n) is 8.92. The number of amides is 1. The normalized spacial score (nSPS) is 11.1. The molecule has 1 heterocycles. The van der Waals surface area contributed by atoms with Crippen molar-refractivity contribution < 1.29 is 22.7 Å². The van der Waals surface area contributed by atoms with E-state index in [1.807, 2.05) is 0 Å². The van der Waals surface area contributed by atoms with Crippen LogP contribution in [0.1, 0.15) is 5.56 Å². The molecular weight excluding hydrogens is 275 g/mol. The van der Waals surface area contributed by atoms with E-state index in [2.05, 4.69) is 15.0 Å². The van der Waals surface area contributed by atoms with Gasteiger partial charge < -0.3 is 15.8 Å². The lowest BCUT2D eigenvalue weighted by molar-refractivity contribution is -0.137. The Labute approximate surface area is 105 Å². The number of carbonyl (C=O) groups is 1. The Balaban J connectivity index is 2.66. The predicted octanol–water partition coefficient (Wildman–Crippen LogP) is 2.26. The van der Waals surface area contributed by atoms with Gasteiger partial charge in [-0.15, -0.1) is 0 Å². The van der Waals surface area contributed by atoms with Crippen LogP contribution in [0.25, 0.3) is 0 Å². The van der Waals surface area contributed by atoms with Crippen molar-refractivity contribution in [3.63, 3.8) is 0 Å². The summed E-state index contributed by atoms with van der Waals surface area (Å²) in [7, 11) is 0. The molecule has 0 aliphatic rings. The fourth-order valence-corrected chi connectivity index (χ4v) is 1.29. The largest absolute Gasteiger partial charge is 0.448 e. The average Bonchev–Trinajstić information content (AvgIpc) is 2.22. The van der Waals surface area contributed by atoms with Crippen LogP contribution in [0.3, 0.4) is 0 Å². The lowest BCUT2D eigenvalue weighted by Crippen LogP contribution is -2.19. The molecule has 0 aromatic carbocycles. The molecule has 0 saturated carbocycles. The molecule has 100 valence electrons. The van der Waals surface area contributed by atoms with Gasteiger partial charge in [0.2, 0.25) is 0 Å². The first-order valence-corrected chi connectivity index (χ1v) is 5.07. The monoisotopic (exact) mass is 283 g/mol. The maximum Gasteiger partial charge on any atom is 0.416 e. The van der Waals surface area contributed by atoms with E-state index in [1.54, 1.807) is 0 Å². The van der Waals surface area contributed by atoms with Crippen LogP contribution in [-0.4, -0.2) is 24.2 Å². The highest BCUT2D eigenvalue weighted by Gasteiger charge is 2.31. The summed E-state index contributed by atoms with van der Waals surface area (Å²) in [6, 6.07) is 1.52. The minimum Gasteiger partial charge on any atom is -0.448 e. The Morgan fingerprint density at radius 3 is 2.72 bits per heavy atom. The van der Waals surface area contributed by atoms with Gasteiger partial charge in [-0.2, -0.15) is 13.2 Å². The number of ether oxygens (including phenoxy) is 1. The molecule has 0 radical (unpaired) electrons. The van der Waals surface area contributed by atoms with Crippen molar-refractivity contribution in [3.05, 3.63) is 22.8 Å². The van der Waals surface area contributed by atoms with Crippen LogP contribution < -0.4 is 11.1 Å². The van der Waals surface area contributed by atoms with E-state index < -0.39 is 17.8 Å². The number of rotatable bonds is 4. The van der Waals surface area contributed by atoms with E-state index in [0.717, 1.165) is 6.07 Å². The minimum atomic E-state index is -4.51. The molecule has 0 atom stereocenters. The number of hydrogen-bond donors (Lipinski definition) is 2. The summed E-state index contributed by atoms with van der Waals surface area (Å²) in [5.74, 6) is -0.0668. The highest BCUT2D eigenvalue weighted by molar-refractivity contribution is 6.29. The van der Waals surface area contributed by atoms with E-state index in [9.17, 15) is 18.0 Å². The van der Waals surface area contributed by atoms with Gasteiger partial charge in [-0.1, -0.05) is 11.6 Å². The number of nitrogens with zero attached hydrogens (tertiary/aromatic N) is 1. The molecule has 1 aromatic rings. The van der Waals surface area contributed by atoms with Crippen LogP contribution in [0.15, 0.2) is 12.1 Å². The predicted molar refractivity (Wildman–Crippen MR) is 58.3 cm³/mol. The van der Waals surface area contributed by atoms with Gasteiger partial charge in [0.15, 0.2) is 0 Å². The molecule has 0 aliphatic carbocycles. The Kier molecular flexibility index (Phi) is 4.60. The zero-order valence-corrected chi connectivity index (χ0v) is 9.68. The first-order valence-electron chi connectivity index (χ1n) is 4.70. The van der Waals surface area contributed by atoms with Crippen LogP contribution in [0.4, 0.5) is 23.8 Å². The molecule has 0 saturated heterocycles. The van der Waals surface area contributed by atoms with Crippen molar-refractivity contribution in [2.24, 2.45) is 5.73 Å². The van der Waals surface area contributed by atoms with Gasteiger partial charge in [-0.3, -0.25) is 0 Å². The van der Waals surface area contributed by atoms with Crippen molar-refractivity contribution in [1.82, 2.24) is 4.98 Å². The fourth-order valence-electron chi connectivity index (χ4n) is 1.08. The summed E-state index contributed by atoms with van der Waals surface area (Å²) in [6.07, 6.45) is -5.47. The smallest absolute Gasteiger partial charge is 0.416 e. The molecule has 18 heavy (non-hydrogen) atoms. The maximum atomic E-state index is 12.4. The van der Waals surface area contributed by atoms with Crippen LogP contribution in [0, 0.1) is 0 Å². The standard InChI is InChI=1S/C9H9ClF3N3O2/c10-6-3-5(9(11,12)13)4-7(16-6)15-1-2-18-8(14)17/h3-4H,1-2H2,(H2,14,17)(H,15,16). The van der Waals surface area contributed by atoms with Crippen LogP contribution in [0.2, 0.25) is 5.15 Å². The van der Waals surface area contributed by atoms with Crippen LogP contribution >= 0.6 is 11.6 Å². The fraction of sp³-hybridized carbons (Fsp3) is 0.333. The molecule has 0 unspecified atom stereocenters. The number of alkyl halides is 3. The van der Waals surface area contributed by atoms with Crippen molar-refractivity contribution in [2.45, 2.75) is 6.18 Å². The van der Waals surface area contributed by atoms with Gasteiger partial charge in [-0.25, -0.2) is 9.78 Å². The van der Waals surface area contributed by atoms with E-state index >= 15 is 0 Å². The minimum absolute atomic E-state index is 0.0631. The topological polar surface area (TPSA) is 77.2 Å². The Morgan fingerprint density at radius 2 is 2.17 bits per heavy atom. The first kappa shape index (κ1) is 14.4. The second-order valence-corrected chi connectivity index (χ2v) is 3.54. The number of nitrogens with two attached hydrogens (primary N) is 1. The highest BCUT2D eigenvalue weighted by Crippen LogP contribution is 2.31. The highest BCUT2D eigenvalue weighted by atomic mass is 35.5. The summed E-state index contributed by atoms with van der Waals surface area (Å²) in [5.41, 5.74) is 3.79. The molecule has 5 nitrogen and oxygen atoms in total. The molecule has 3 N–H and O–H groups in total. The van der Waals surface area contributed by atoms with Gasteiger partial charge in [0.05, 0.1) is 12.1 Å². The van der Waals surface area contributed by atoms with Crippen molar-refractivity contribution >= 4 is 23.5 Å². The van der Waals surface area contributed by atoms with Gasteiger partial charge in [0, 0.05) is 0 Å². The first-order chi connectivity index (χ1) is 8.29. The van der Waals surface area contributed by atoms with E-state index in [-0.39, 0.29) is 24.1 Å². The third-order valence-electron chi connectivity index (χ3n) is 1.77. The number of anilines is 1. The number of aromatic nitrogens is 1. The van der Waals surface area contributed by atoms with Crippen molar-refractivity contribution in [1.29, 1.82) is 0 Å². The molecule has 0 spiro atoms. The SMILES string of the molecule is NC(=O)OCCNc1cc(C(F)(F)F)cc(Cl)n1. The van der Waals surface area contributed by atoms with E-state index in [4.69, 9.17) is 17.3 Å². The lowest BCUT2D eigenvalue weighted by Gasteiger charge is -2.10. The third-order valence-corrected chi connectivity index (χ3v) is 1.97. The summed E-state index contributed by atoms with van der Waals surface area (Å²) in [5, 5.41) is 2.24. The molecule has 0 bridgehead atoms. The summed E-state index contributed by atoms with van der Waals surface area (Å²) >= 11 is 5.46. The average molecular weight is 284 g/mol. The number of halogens is 4. The Bertz CT molecular complexity index is 440. The number of hydrogen-bond acceptors (Lipinski definition) is 4. The number of carbonyl (C=O) groups excluding carboxylic acids is 1. The number of nitrogens with one attached hydrogen (secondary N) is 1.